The quantitative estimate of drug-likeness (QED) is 0.697. The number of hydrogen-bond donors (Lipinski definition) is 2. The van der Waals surface area contributed by atoms with Crippen molar-refractivity contribution in [3.63, 3.8) is 0 Å². The highest BCUT2D eigenvalue weighted by molar-refractivity contribution is 7.92. The molecule has 0 amide bonds. The summed E-state index contributed by atoms with van der Waals surface area (Å²) in [6.45, 7) is 2.26. The van der Waals surface area contributed by atoms with Gasteiger partial charge in [-0.1, -0.05) is 11.6 Å². The molecule has 7 nitrogen and oxygen atoms in total. The summed E-state index contributed by atoms with van der Waals surface area (Å²) < 4.78 is 67.2. The maximum absolute atomic E-state index is 14.1. The number of nitrogens with zero attached hydrogens (tertiary/aromatic N) is 1. The number of nitrogens with one attached hydrogen (secondary N) is 2. The second kappa shape index (κ2) is 8.01. The van der Waals surface area contributed by atoms with Crippen molar-refractivity contribution < 1.29 is 21.2 Å². The van der Waals surface area contributed by atoms with Gasteiger partial charge in [-0.3, -0.25) is 4.72 Å². The average Bonchev–Trinajstić information content (AvgIpc) is 2.55. The predicted molar refractivity (Wildman–Crippen MR) is 104 cm³/mol. The fourth-order valence-corrected chi connectivity index (χ4v) is 4.43. The lowest BCUT2D eigenvalue weighted by molar-refractivity contribution is 0.520. The van der Waals surface area contributed by atoms with Crippen LogP contribution in [0.15, 0.2) is 46.2 Å². The summed E-state index contributed by atoms with van der Waals surface area (Å²) in [6, 6.07) is 7.14. The average molecular weight is 436 g/mol. The molecule has 0 aliphatic heterocycles. The fourth-order valence-electron chi connectivity index (χ4n) is 2.22. The van der Waals surface area contributed by atoms with E-state index in [2.05, 4.69) is 10.0 Å². The Balaban J connectivity index is 2.55. The van der Waals surface area contributed by atoms with E-state index in [4.69, 9.17) is 11.6 Å². The maximum Gasteiger partial charge on any atom is 0.264 e. The Bertz CT molecular complexity index is 1060. The van der Waals surface area contributed by atoms with Gasteiger partial charge in [-0.2, -0.15) is 0 Å². The van der Waals surface area contributed by atoms with Crippen molar-refractivity contribution in [2.24, 2.45) is 0 Å². The fraction of sp³-hybridized carbons (Fsp3) is 0.250. The Morgan fingerprint density at radius 2 is 1.70 bits per heavy atom. The molecule has 0 heterocycles. The molecule has 0 atom stereocenters. The zero-order chi connectivity index (χ0) is 20.4. The van der Waals surface area contributed by atoms with Gasteiger partial charge >= 0.3 is 0 Å². The van der Waals surface area contributed by atoms with Crippen molar-refractivity contribution >= 4 is 43.0 Å². The number of sulfonamides is 2. The number of rotatable bonds is 7. The van der Waals surface area contributed by atoms with Crippen molar-refractivity contribution in [1.29, 1.82) is 0 Å². The van der Waals surface area contributed by atoms with Crippen molar-refractivity contribution in [1.82, 2.24) is 4.31 Å². The summed E-state index contributed by atoms with van der Waals surface area (Å²) in [6.07, 6.45) is 0. The molecule has 0 aromatic heterocycles. The number of halogens is 2. The minimum absolute atomic E-state index is 0.0193. The second-order valence-corrected chi connectivity index (χ2v) is 9.94. The first-order chi connectivity index (χ1) is 12.5. The van der Waals surface area contributed by atoms with Gasteiger partial charge in [0.1, 0.15) is 10.7 Å². The lowest BCUT2D eigenvalue weighted by atomic mass is 10.2. The van der Waals surface area contributed by atoms with Gasteiger partial charge in [0.05, 0.1) is 16.3 Å². The summed E-state index contributed by atoms with van der Waals surface area (Å²) in [7, 11) is -5.38. The van der Waals surface area contributed by atoms with E-state index in [9.17, 15) is 21.2 Å². The molecule has 0 saturated carbocycles. The molecule has 2 rings (SSSR count). The van der Waals surface area contributed by atoms with Crippen LogP contribution in [-0.2, 0) is 20.0 Å². The molecule has 148 valence electrons. The highest BCUT2D eigenvalue weighted by atomic mass is 35.5. The lowest BCUT2D eigenvalue weighted by Crippen LogP contribution is -2.23. The SMILES string of the molecule is CCNc1ccc(S(=O)(=O)N(C)C)cc1NS(=O)(=O)c1ccc(Cl)cc1F. The zero-order valence-corrected chi connectivity index (χ0v) is 17.2. The largest absolute Gasteiger partial charge is 0.384 e. The van der Waals surface area contributed by atoms with Gasteiger partial charge in [-0.25, -0.2) is 25.5 Å². The summed E-state index contributed by atoms with van der Waals surface area (Å²) in [5.41, 5.74) is 0.335. The molecule has 0 aliphatic carbocycles. The predicted octanol–water partition coefficient (Wildman–Crippen LogP) is 2.96. The van der Waals surface area contributed by atoms with E-state index in [1.54, 1.807) is 6.92 Å². The number of hydrogen-bond acceptors (Lipinski definition) is 5. The van der Waals surface area contributed by atoms with Gasteiger partial charge in [0.25, 0.3) is 10.0 Å². The molecule has 27 heavy (non-hydrogen) atoms. The van der Waals surface area contributed by atoms with E-state index in [0.29, 0.717) is 12.2 Å². The van der Waals surface area contributed by atoms with Crippen LogP contribution in [0.1, 0.15) is 6.92 Å². The van der Waals surface area contributed by atoms with Gasteiger partial charge in [0.2, 0.25) is 10.0 Å². The van der Waals surface area contributed by atoms with Gasteiger partial charge in [0.15, 0.2) is 0 Å². The summed E-state index contributed by atoms with van der Waals surface area (Å²) in [5.74, 6) is -1.02. The van der Waals surface area contributed by atoms with Gasteiger partial charge in [-0.05, 0) is 43.3 Å². The van der Waals surface area contributed by atoms with E-state index in [0.717, 1.165) is 16.4 Å². The third-order valence-electron chi connectivity index (χ3n) is 3.56. The number of benzene rings is 2. The molecular weight excluding hydrogens is 417 g/mol. The molecule has 0 aliphatic rings. The first-order valence-electron chi connectivity index (χ1n) is 7.77. The van der Waals surface area contributed by atoms with E-state index in [1.165, 1.54) is 38.4 Å². The molecule has 2 aromatic rings. The van der Waals surface area contributed by atoms with E-state index >= 15 is 0 Å². The van der Waals surface area contributed by atoms with Crippen LogP contribution in [0.2, 0.25) is 5.02 Å². The van der Waals surface area contributed by atoms with Gasteiger partial charge < -0.3 is 5.32 Å². The first-order valence-corrected chi connectivity index (χ1v) is 11.1. The smallest absolute Gasteiger partial charge is 0.264 e. The van der Waals surface area contributed by atoms with Gasteiger partial charge in [0, 0.05) is 25.7 Å². The Kier molecular flexibility index (Phi) is 6.35. The Labute approximate surface area is 163 Å². The molecule has 0 radical (unpaired) electrons. The van der Waals surface area contributed by atoms with E-state index in [-0.39, 0.29) is 15.6 Å². The van der Waals surface area contributed by atoms with Gasteiger partial charge in [-0.15, -0.1) is 0 Å². The van der Waals surface area contributed by atoms with Crippen LogP contribution < -0.4 is 10.0 Å². The monoisotopic (exact) mass is 435 g/mol. The third-order valence-corrected chi connectivity index (χ3v) is 7.01. The van der Waals surface area contributed by atoms with Crippen LogP contribution >= 0.6 is 11.6 Å². The molecule has 0 fully saturated rings. The van der Waals surface area contributed by atoms with E-state index in [1.807, 2.05) is 0 Å². The van der Waals surface area contributed by atoms with Crippen molar-refractivity contribution in [3.05, 3.63) is 47.2 Å². The first kappa shape index (κ1) is 21.4. The minimum Gasteiger partial charge on any atom is -0.384 e. The molecule has 2 N–H and O–H groups in total. The molecule has 0 unspecified atom stereocenters. The van der Waals surface area contributed by atoms with Crippen LogP contribution in [0.4, 0.5) is 15.8 Å². The Morgan fingerprint density at radius 3 is 2.26 bits per heavy atom. The Hall–Kier alpha value is -1.88. The summed E-state index contributed by atoms with van der Waals surface area (Å²) >= 11 is 5.66. The highest BCUT2D eigenvalue weighted by Gasteiger charge is 2.23. The van der Waals surface area contributed by atoms with Crippen LogP contribution in [-0.4, -0.2) is 41.8 Å². The van der Waals surface area contributed by atoms with E-state index < -0.39 is 30.8 Å². The molecule has 0 saturated heterocycles. The normalized spacial score (nSPS) is 12.2. The van der Waals surface area contributed by atoms with Crippen LogP contribution in [0.25, 0.3) is 0 Å². The summed E-state index contributed by atoms with van der Waals surface area (Å²) in [5, 5.41) is 2.99. The van der Waals surface area contributed by atoms with Crippen molar-refractivity contribution in [2.75, 3.05) is 30.7 Å². The van der Waals surface area contributed by atoms with Crippen LogP contribution in [0, 0.1) is 5.82 Å². The minimum atomic E-state index is -4.32. The van der Waals surface area contributed by atoms with Crippen molar-refractivity contribution in [2.45, 2.75) is 16.7 Å². The molecule has 0 spiro atoms. The molecule has 0 bridgehead atoms. The summed E-state index contributed by atoms with van der Waals surface area (Å²) in [4.78, 5) is -0.710. The highest BCUT2D eigenvalue weighted by Crippen LogP contribution is 2.30. The van der Waals surface area contributed by atoms with Crippen molar-refractivity contribution in [3.8, 4) is 0 Å². The Morgan fingerprint density at radius 1 is 1.04 bits per heavy atom. The topological polar surface area (TPSA) is 95.6 Å². The number of anilines is 2. The zero-order valence-electron chi connectivity index (χ0n) is 14.8. The molecular formula is C16H19ClFN3O4S2. The molecule has 2 aromatic carbocycles. The standard InChI is InChI=1S/C16H19ClFN3O4S2/c1-4-19-14-7-6-12(27(24,25)21(2)3)10-15(14)20-26(22,23)16-8-5-11(17)9-13(16)18/h5-10,19-20H,4H2,1-3H3. The van der Waals surface area contributed by atoms with Crippen LogP contribution in [0.3, 0.4) is 0 Å². The van der Waals surface area contributed by atoms with Crippen LogP contribution in [0.5, 0.6) is 0 Å². The second-order valence-electron chi connectivity index (χ2n) is 5.71. The third kappa shape index (κ3) is 4.70. The lowest BCUT2D eigenvalue weighted by Gasteiger charge is -2.17. The maximum atomic E-state index is 14.1. The molecule has 11 heteroatoms.